The molecule has 6 heteroatoms. The zero-order valence-electron chi connectivity index (χ0n) is 13.1. The highest BCUT2D eigenvalue weighted by Crippen LogP contribution is 2.63. The van der Waals surface area contributed by atoms with Crippen molar-refractivity contribution >= 4 is 15.8 Å². The molecule has 2 aromatic rings. The van der Waals surface area contributed by atoms with E-state index in [1.807, 2.05) is 6.92 Å². The van der Waals surface area contributed by atoms with Gasteiger partial charge >= 0.3 is 5.97 Å². The van der Waals surface area contributed by atoms with Crippen LogP contribution in [-0.2, 0) is 14.6 Å². The molecule has 24 heavy (non-hydrogen) atoms. The van der Waals surface area contributed by atoms with Gasteiger partial charge in [-0.2, -0.15) is 0 Å². The van der Waals surface area contributed by atoms with Crippen LogP contribution in [0.4, 0.5) is 0 Å². The molecule has 1 fully saturated rings. The van der Waals surface area contributed by atoms with Gasteiger partial charge in [-0.1, -0.05) is 48.0 Å². The zero-order chi connectivity index (χ0) is 17.5. The Morgan fingerprint density at radius 1 is 1.08 bits per heavy atom. The van der Waals surface area contributed by atoms with Crippen LogP contribution in [0.2, 0.25) is 0 Å². The Kier molecular flexibility index (Phi) is 3.97. The van der Waals surface area contributed by atoms with Crippen LogP contribution in [0.15, 0.2) is 59.5 Å². The second-order valence-corrected chi connectivity index (χ2v) is 8.24. The Balaban J connectivity index is 2.11. The highest BCUT2D eigenvalue weighted by Gasteiger charge is 2.75. The summed E-state index contributed by atoms with van der Waals surface area (Å²) in [6.45, 7) is 1.12. The monoisotopic (exact) mass is 346 g/mol. The number of hydrogen-bond acceptors (Lipinski definition) is 4. The van der Waals surface area contributed by atoms with Gasteiger partial charge < -0.3 is 10.2 Å². The van der Waals surface area contributed by atoms with Crippen LogP contribution in [0.25, 0.3) is 0 Å². The van der Waals surface area contributed by atoms with Crippen LogP contribution < -0.4 is 0 Å². The van der Waals surface area contributed by atoms with Gasteiger partial charge in [0.05, 0.1) is 16.8 Å². The Morgan fingerprint density at radius 2 is 1.67 bits per heavy atom. The van der Waals surface area contributed by atoms with E-state index >= 15 is 0 Å². The number of aliphatic hydroxyl groups excluding tert-OH is 1. The fraction of sp³-hybridized carbons (Fsp3) is 0.278. The van der Waals surface area contributed by atoms with Gasteiger partial charge in [0, 0.05) is 5.92 Å². The van der Waals surface area contributed by atoms with Crippen LogP contribution in [0.3, 0.4) is 0 Å². The van der Waals surface area contributed by atoms with Crippen LogP contribution >= 0.6 is 0 Å². The van der Waals surface area contributed by atoms with Crippen molar-refractivity contribution in [2.45, 2.75) is 23.0 Å². The largest absolute Gasteiger partial charge is 0.481 e. The molecule has 2 N–H and O–H groups in total. The molecule has 3 rings (SSSR count). The average Bonchev–Trinajstić information content (AvgIpc) is 3.28. The number of carbonyl (C=O) groups is 1. The predicted molar refractivity (Wildman–Crippen MR) is 88.5 cm³/mol. The number of aliphatic hydroxyl groups is 1. The first-order valence-electron chi connectivity index (χ1n) is 7.55. The maximum absolute atomic E-state index is 13.0. The number of sulfone groups is 1. The Bertz CT molecular complexity index is 858. The topological polar surface area (TPSA) is 91.7 Å². The summed E-state index contributed by atoms with van der Waals surface area (Å²) in [5.74, 6) is -2.06. The van der Waals surface area contributed by atoms with E-state index in [0.717, 1.165) is 5.56 Å². The number of carboxylic acid groups (broad SMARTS) is 1. The minimum atomic E-state index is -3.89. The van der Waals surface area contributed by atoms with Crippen molar-refractivity contribution in [1.82, 2.24) is 0 Å². The lowest BCUT2D eigenvalue weighted by Gasteiger charge is -2.09. The van der Waals surface area contributed by atoms with Gasteiger partial charge in [0.25, 0.3) is 0 Å². The summed E-state index contributed by atoms with van der Waals surface area (Å²) in [5.41, 5.74) is -0.184. The van der Waals surface area contributed by atoms with Crippen molar-refractivity contribution in [3.8, 4) is 0 Å². The third kappa shape index (κ3) is 2.34. The van der Waals surface area contributed by atoms with E-state index < -0.39 is 39.0 Å². The lowest BCUT2D eigenvalue weighted by atomic mass is 10.0. The van der Waals surface area contributed by atoms with Gasteiger partial charge in [0.1, 0.15) is 5.41 Å². The molecule has 0 saturated heterocycles. The Labute approximate surface area is 140 Å². The molecule has 0 amide bonds. The van der Waals surface area contributed by atoms with Gasteiger partial charge in [0.15, 0.2) is 9.84 Å². The molecule has 3 atom stereocenters. The average molecular weight is 346 g/mol. The molecule has 3 unspecified atom stereocenters. The van der Waals surface area contributed by atoms with E-state index in [1.165, 1.54) is 12.1 Å². The summed E-state index contributed by atoms with van der Waals surface area (Å²) in [6, 6.07) is 14.9. The fourth-order valence-corrected chi connectivity index (χ4v) is 5.74. The van der Waals surface area contributed by atoms with Crippen molar-refractivity contribution in [1.29, 1.82) is 0 Å². The smallest absolute Gasteiger partial charge is 0.314 e. The molecule has 0 heterocycles. The second kappa shape index (κ2) is 5.72. The van der Waals surface area contributed by atoms with Gasteiger partial charge in [0.2, 0.25) is 0 Å². The molecule has 0 bridgehead atoms. The summed E-state index contributed by atoms with van der Waals surface area (Å²) in [6.07, 6.45) is 0. The van der Waals surface area contributed by atoms with Crippen LogP contribution in [0.5, 0.6) is 0 Å². The lowest BCUT2D eigenvalue weighted by Crippen LogP contribution is -2.27. The summed E-state index contributed by atoms with van der Waals surface area (Å²) in [5, 5.41) is 18.2. The first-order valence-corrected chi connectivity index (χ1v) is 9.10. The van der Waals surface area contributed by atoms with Crippen molar-refractivity contribution in [3.05, 3.63) is 65.7 Å². The first-order chi connectivity index (χ1) is 11.4. The number of aliphatic carboxylic acids is 1. The number of benzene rings is 2. The third-order valence-corrected chi connectivity index (χ3v) is 7.05. The molecular formula is C18H18O5S. The molecular weight excluding hydrogens is 328 g/mol. The summed E-state index contributed by atoms with van der Waals surface area (Å²) in [4.78, 5) is 11.9. The number of carboxylic acids is 1. The Hall–Kier alpha value is -2.18. The summed E-state index contributed by atoms with van der Waals surface area (Å²) < 4.78 is 26.0. The molecule has 0 radical (unpaired) electrons. The molecule has 1 saturated carbocycles. The van der Waals surface area contributed by atoms with Crippen molar-refractivity contribution in [3.63, 3.8) is 0 Å². The third-order valence-electron chi connectivity index (χ3n) is 4.76. The fourth-order valence-electron chi connectivity index (χ4n) is 3.38. The quantitative estimate of drug-likeness (QED) is 0.864. The number of rotatable bonds is 5. The van der Waals surface area contributed by atoms with Crippen LogP contribution in [0, 0.1) is 12.3 Å². The molecule has 5 nitrogen and oxygen atoms in total. The van der Waals surface area contributed by atoms with E-state index in [9.17, 15) is 23.4 Å². The Morgan fingerprint density at radius 3 is 2.17 bits per heavy atom. The molecule has 0 aliphatic heterocycles. The highest BCUT2D eigenvalue weighted by atomic mass is 32.2. The molecule has 0 spiro atoms. The van der Waals surface area contributed by atoms with E-state index in [0.29, 0.717) is 5.56 Å². The van der Waals surface area contributed by atoms with E-state index in [2.05, 4.69) is 0 Å². The molecule has 2 aromatic carbocycles. The first kappa shape index (κ1) is 16.7. The standard InChI is InChI=1S/C18H18O5S/c1-12-7-9-14(10-8-12)24(22,23)16-15(13-5-3-2-4-6-13)18(16,11-19)17(20)21/h2-10,15-16,19H,11H2,1H3,(H,20,21). The minimum absolute atomic E-state index is 0.0793. The number of hydrogen-bond donors (Lipinski definition) is 2. The normalized spacial score (nSPS) is 26.1. The molecule has 1 aliphatic carbocycles. The summed E-state index contributed by atoms with van der Waals surface area (Å²) >= 11 is 0. The van der Waals surface area contributed by atoms with Gasteiger partial charge in [-0.05, 0) is 24.6 Å². The van der Waals surface area contributed by atoms with E-state index in [-0.39, 0.29) is 4.90 Å². The zero-order valence-corrected chi connectivity index (χ0v) is 13.9. The number of aryl methyl sites for hydroxylation is 1. The van der Waals surface area contributed by atoms with Gasteiger partial charge in [-0.25, -0.2) is 8.42 Å². The van der Waals surface area contributed by atoms with Crippen LogP contribution in [-0.4, -0.2) is 36.5 Å². The van der Waals surface area contributed by atoms with Crippen molar-refractivity contribution in [2.24, 2.45) is 5.41 Å². The minimum Gasteiger partial charge on any atom is -0.481 e. The second-order valence-electron chi connectivity index (χ2n) is 6.17. The summed E-state index contributed by atoms with van der Waals surface area (Å²) in [7, 11) is -3.89. The maximum atomic E-state index is 13.0. The maximum Gasteiger partial charge on any atom is 0.314 e. The van der Waals surface area contributed by atoms with Gasteiger partial charge in [-0.15, -0.1) is 0 Å². The predicted octanol–water partition coefficient (Wildman–Crippen LogP) is 2.00. The van der Waals surface area contributed by atoms with Gasteiger partial charge in [-0.3, -0.25) is 4.79 Å². The van der Waals surface area contributed by atoms with E-state index in [1.54, 1.807) is 42.5 Å². The van der Waals surface area contributed by atoms with Crippen molar-refractivity contribution < 1.29 is 23.4 Å². The van der Waals surface area contributed by atoms with Crippen LogP contribution in [0.1, 0.15) is 17.0 Å². The SMILES string of the molecule is Cc1ccc(S(=O)(=O)C2C(c3ccccc3)C2(CO)C(=O)O)cc1. The lowest BCUT2D eigenvalue weighted by molar-refractivity contribution is -0.145. The molecule has 0 aromatic heterocycles. The molecule has 1 aliphatic rings. The van der Waals surface area contributed by atoms with E-state index in [4.69, 9.17) is 0 Å². The van der Waals surface area contributed by atoms with Crippen molar-refractivity contribution in [2.75, 3.05) is 6.61 Å². The highest BCUT2D eigenvalue weighted by molar-refractivity contribution is 7.92. The molecule has 126 valence electrons.